The Balaban J connectivity index is 1.97. The van der Waals surface area contributed by atoms with Gasteiger partial charge in [0.2, 0.25) is 0 Å². The fourth-order valence-corrected chi connectivity index (χ4v) is 3.16. The minimum Gasteiger partial charge on any atom is -0.0622 e. The van der Waals surface area contributed by atoms with Crippen LogP contribution < -0.4 is 0 Å². The van der Waals surface area contributed by atoms with Crippen molar-refractivity contribution in [2.24, 2.45) is 0 Å². The lowest BCUT2D eigenvalue weighted by molar-refractivity contribution is 1.13. The van der Waals surface area contributed by atoms with Gasteiger partial charge >= 0.3 is 0 Å². The molecule has 0 saturated carbocycles. The summed E-state index contributed by atoms with van der Waals surface area (Å²) in [5, 5.41) is 0. The monoisotopic (exact) mass is 274 g/mol. The molecule has 0 atom stereocenters. The smallest absolute Gasteiger partial charge is 0.00544 e. The Bertz CT molecular complexity index is 715. The van der Waals surface area contributed by atoms with Crippen molar-refractivity contribution in [1.82, 2.24) is 0 Å². The second-order valence-corrected chi connectivity index (χ2v) is 5.91. The molecule has 0 spiro atoms. The molecule has 2 aromatic rings. The highest BCUT2D eigenvalue weighted by atomic mass is 14.2. The third-order valence-corrected chi connectivity index (χ3v) is 4.36. The SMILES string of the molecule is CCc1ccc(C2=CC(c3ccccc3)=C(C)C2)c(C)c1. The van der Waals surface area contributed by atoms with Crippen molar-refractivity contribution in [2.75, 3.05) is 0 Å². The number of allylic oxidation sites excluding steroid dienone is 4. The molecule has 3 rings (SSSR count). The van der Waals surface area contributed by atoms with E-state index < -0.39 is 0 Å². The van der Waals surface area contributed by atoms with E-state index >= 15 is 0 Å². The molecule has 0 heteroatoms. The van der Waals surface area contributed by atoms with E-state index in [1.165, 1.54) is 39.0 Å². The first kappa shape index (κ1) is 13.9. The van der Waals surface area contributed by atoms with Crippen LogP contribution in [-0.2, 0) is 6.42 Å². The highest BCUT2D eigenvalue weighted by Gasteiger charge is 2.16. The number of rotatable bonds is 3. The minimum atomic E-state index is 1.07. The molecule has 0 unspecified atom stereocenters. The summed E-state index contributed by atoms with van der Waals surface area (Å²) in [6, 6.07) is 17.6. The summed E-state index contributed by atoms with van der Waals surface area (Å²) in [6.07, 6.45) is 4.54. The van der Waals surface area contributed by atoms with Crippen molar-refractivity contribution >= 4 is 11.1 Å². The van der Waals surface area contributed by atoms with E-state index in [9.17, 15) is 0 Å². The zero-order valence-corrected chi connectivity index (χ0v) is 13.1. The van der Waals surface area contributed by atoms with E-state index in [2.05, 4.69) is 75.4 Å². The van der Waals surface area contributed by atoms with Gasteiger partial charge in [0.15, 0.2) is 0 Å². The van der Waals surface area contributed by atoms with Crippen LogP contribution in [-0.4, -0.2) is 0 Å². The summed E-state index contributed by atoms with van der Waals surface area (Å²) in [5.74, 6) is 0. The van der Waals surface area contributed by atoms with Gasteiger partial charge in [0.25, 0.3) is 0 Å². The molecule has 0 aromatic heterocycles. The minimum absolute atomic E-state index is 1.07. The third kappa shape index (κ3) is 2.71. The summed E-state index contributed by atoms with van der Waals surface area (Å²) in [4.78, 5) is 0. The molecule has 2 aromatic carbocycles. The summed E-state index contributed by atoms with van der Waals surface area (Å²) in [5.41, 5.74) is 9.85. The fourth-order valence-electron chi connectivity index (χ4n) is 3.16. The van der Waals surface area contributed by atoms with Gasteiger partial charge in [-0.25, -0.2) is 0 Å². The van der Waals surface area contributed by atoms with Gasteiger partial charge in [-0.05, 0) is 60.1 Å². The van der Waals surface area contributed by atoms with Crippen molar-refractivity contribution in [3.05, 3.63) is 82.4 Å². The highest BCUT2D eigenvalue weighted by molar-refractivity contribution is 5.92. The van der Waals surface area contributed by atoms with Gasteiger partial charge in [-0.2, -0.15) is 0 Å². The van der Waals surface area contributed by atoms with Crippen molar-refractivity contribution < 1.29 is 0 Å². The Morgan fingerprint density at radius 3 is 2.38 bits per heavy atom. The summed E-state index contributed by atoms with van der Waals surface area (Å²) < 4.78 is 0. The molecule has 1 aliphatic rings. The molecule has 0 saturated heterocycles. The van der Waals surface area contributed by atoms with Crippen LogP contribution in [0.4, 0.5) is 0 Å². The Labute approximate surface area is 127 Å². The maximum absolute atomic E-state index is 2.37. The van der Waals surface area contributed by atoms with Gasteiger partial charge in [-0.3, -0.25) is 0 Å². The van der Waals surface area contributed by atoms with Crippen molar-refractivity contribution in [2.45, 2.75) is 33.6 Å². The summed E-state index contributed by atoms with van der Waals surface area (Å²) in [7, 11) is 0. The average Bonchev–Trinajstić information content (AvgIpc) is 2.89. The molecule has 0 radical (unpaired) electrons. The molecule has 21 heavy (non-hydrogen) atoms. The van der Waals surface area contributed by atoms with Crippen LogP contribution in [0, 0.1) is 6.92 Å². The Hall–Kier alpha value is -2.08. The molecular weight excluding hydrogens is 252 g/mol. The lowest BCUT2D eigenvalue weighted by atomic mass is 9.96. The van der Waals surface area contributed by atoms with E-state index in [0.29, 0.717) is 0 Å². The normalized spacial score (nSPS) is 14.5. The van der Waals surface area contributed by atoms with Crippen LogP contribution in [0.3, 0.4) is 0 Å². The molecule has 0 aliphatic heterocycles. The molecule has 0 amide bonds. The Morgan fingerprint density at radius 1 is 0.952 bits per heavy atom. The van der Waals surface area contributed by atoms with Crippen LogP contribution in [0.1, 0.15) is 42.5 Å². The quantitative estimate of drug-likeness (QED) is 0.661. The molecular formula is C21H22. The van der Waals surface area contributed by atoms with Crippen LogP contribution in [0.15, 0.2) is 60.2 Å². The van der Waals surface area contributed by atoms with Gasteiger partial charge in [-0.15, -0.1) is 0 Å². The maximum atomic E-state index is 2.37. The second kappa shape index (κ2) is 5.73. The molecule has 0 N–H and O–H groups in total. The Morgan fingerprint density at radius 2 is 1.71 bits per heavy atom. The van der Waals surface area contributed by atoms with E-state index in [-0.39, 0.29) is 0 Å². The predicted octanol–water partition coefficient (Wildman–Crippen LogP) is 5.82. The standard InChI is InChI=1S/C21H22/c1-4-17-10-11-20(15(2)12-17)19-13-16(3)21(14-19)18-8-6-5-7-9-18/h5-12,14H,4,13H2,1-3H3. The summed E-state index contributed by atoms with van der Waals surface area (Å²) in [6.45, 7) is 6.69. The first-order valence-electron chi connectivity index (χ1n) is 7.74. The van der Waals surface area contributed by atoms with Crippen molar-refractivity contribution in [3.63, 3.8) is 0 Å². The molecule has 0 nitrogen and oxygen atoms in total. The lowest BCUT2D eigenvalue weighted by Crippen LogP contribution is -1.90. The molecule has 0 fully saturated rings. The fraction of sp³-hybridized carbons (Fsp3) is 0.238. The van der Waals surface area contributed by atoms with Crippen LogP contribution >= 0.6 is 0 Å². The van der Waals surface area contributed by atoms with E-state index in [1.807, 2.05) is 0 Å². The highest BCUT2D eigenvalue weighted by Crippen LogP contribution is 2.38. The first-order valence-corrected chi connectivity index (χ1v) is 7.74. The summed E-state index contributed by atoms with van der Waals surface area (Å²) >= 11 is 0. The van der Waals surface area contributed by atoms with Crippen LogP contribution in [0.2, 0.25) is 0 Å². The van der Waals surface area contributed by atoms with Gasteiger partial charge in [0, 0.05) is 0 Å². The van der Waals surface area contributed by atoms with Crippen molar-refractivity contribution in [3.8, 4) is 0 Å². The van der Waals surface area contributed by atoms with E-state index in [1.54, 1.807) is 0 Å². The van der Waals surface area contributed by atoms with Crippen LogP contribution in [0.25, 0.3) is 11.1 Å². The van der Waals surface area contributed by atoms with Gasteiger partial charge in [0.05, 0.1) is 0 Å². The van der Waals surface area contributed by atoms with Gasteiger partial charge < -0.3 is 0 Å². The topological polar surface area (TPSA) is 0 Å². The Kier molecular flexibility index (Phi) is 3.79. The van der Waals surface area contributed by atoms with E-state index in [4.69, 9.17) is 0 Å². The first-order chi connectivity index (χ1) is 10.2. The van der Waals surface area contributed by atoms with Crippen LogP contribution in [0.5, 0.6) is 0 Å². The zero-order valence-electron chi connectivity index (χ0n) is 13.1. The predicted molar refractivity (Wildman–Crippen MR) is 92.2 cm³/mol. The number of benzene rings is 2. The molecule has 0 heterocycles. The number of aryl methyl sites for hydroxylation is 2. The van der Waals surface area contributed by atoms with E-state index in [0.717, 1.165) is 12.8 Å². The molecule has 1 aliphatic carbocycles. The second-order valence-electron chi connectivity index (χ2n) is 5.91. The lowest BCUT2D eigenvalue weighted by Gasteiger charge is -2.09. The van der Waals surface area contributed by atoms with Gasteiger partial charge in [-0.1, -0.05) is 67.1 Å². The number of hydrogen-bond acceptors (Lipinski definition) is 0. The van der Waals surface area contributed by atoms with Gasteiger partial charge in [0.1, 0.15) is 0 Å². The molecule has 0 bridgehead atoms. The average molecular weight is 274 g/mol. The third-order valence-electron chi connectivity index (χ3n) is 4.36. The maximum Gasteiger partial charge on any atom is -0.00544 e. The number of hydrogen-bond donors (Lipinski definition) is 0. The molecule has 106 valence electrons. The zero-order chi connectivity index (χ0) is 14.8. The largest absolute Gasteiger partial charge is 0.0622 e. The van der Waals surface area contributed by atoms with Crippen molar-refractivity contribution in [1.29, 1.82) is 0 Å².